The first-order chi connectivity index (χ1) is 11.7. The fourth-order valence-corrected chi connectivity index (χ4v) is 2.63. The molecular formula is C18H21N3O3. The van der Waals surface area contributed by atoms with Crippen LogP contribution in [0.3, 0.4) is 0 Å². The molecule has 1 aliphatic heterocycles. The van der Waals surface area contributed by atoms with Gasteiger partial charge in [-0.1, -0.05) is 17.7 Å². The highest BCUT2D eigenvalue weighted by Gasteiger charge is 2.25. The lowest BCUT2D eigenvalue weighted by atomic mass is 10.1. The van der Waals surface area contributed by atoms with Crippen LogP contribution in [0.2, 0.25) is 0 Å². The van der Waals surface area contributed by atoms with Crippen LogP contribution in [0, 0.1) is 6.92 Å². The Labute approximate surface area is 141 Å². The Hall–Kier alpha value is -2.63. The Morgan fingerprint density at radius 2 is 2.00 bits per heavy atom. The van der Waals surface area contributed by atoms with E-state index in [0.29, 0.717) is 18.3 Å². The van der Waals surface area contributed by atoms with Crippen LogP contribution in [0.1, 0.15) is 18.4 Å². The molecule has 24 heavy (non-hydrogen) atoms. The van der Waals surface area contributed by atoms with Crippen molar-refractivity contribution in [3.8, 4) is 11.8 Å². The Balaban J connectivity index is 1.50. The number of amides is 1. The Morgan fingerprint density at radius 1 is 1.25 bits per heavy atom. The van der Waals surface area contributed by atoms with Crippen LogP contribution in [0.25, 0.3) is 0 Å². The van der Waals surface area contributed by atoms with Gasteiger partial charge in [-0.15, -0.1) is 0 Å². The van der Waals surface area contributed by atoms with E-state index < -0.39 is 0 Å². The molecule has 1 aliphatic rings. The minimum atomic E-state index is -0.0792. The monoisotopic (exact) mass is 327 g/mol. The minimum Gasteiger partial charge on any atom is -0.484 e. The van der Waals surface area contributed by atoms with Crippen LogP contribution in [0.4, 0.5) is 0 Å². The van der Waals surface area contributed by atoms with Gasteiger partial charge in [-0.2, -0.15) is 0 Å². The minimum absolute atomic E-state index is 0.0298. The third kappa shape index (κ3) is 4.44. The zero-order valence-corrected chi connectivity index (χ0v) is 13.7. The molecule has 1 fully saturated rings. The fraction of sp³-hybridized carbons (Fsp3) is 0.389. The van der Waals surface area contributed by atoms with E-state index in [2.05, 4.69) is 9.97 Å². The van der Waals surface area contributed by atoms with E-state index in [1.54, 1.807) is 23.4 Å². The molecule has 1 saturated heterocycles. The molecule has 0 saturated carbocycles. The first-order valence-electron chi connectivity index (χ1n) is 8.11. The Kier molecular flexibility index (Phi) is 5.25. The lowest BCUT2D eigenvalue weighted by Crippen LogP contribution is -2.46. The largest absolute Gasteiger partial charge is 0.484 e. The average Bonchev–Trinajstić information content (AvgIpc) is 2.62. The molecule has 2 aromatic rings. The summed E-state index contributed by atoms with van der Waals surface area (Å²) in [6.07, 6.45) is 4.99. The molecule has 1 aromatic heterocycles. The molecular weight excluding hydrogens is 306 g/mol. The maximum absolute atomic E-state index is 12.4. The van der Waals surface area contributed by atoms with Crippen molar-refractivity contribution in [2.75, 3.05) is 19.7 Å². The smallest absolute Gasteiger partial charge is 0.316 e. The van der Waals surface area contributed by atoms with E-state index in [0.717, 1.165) is 24.9 Å². The Bertz CT molecular complexity index is 661. The average molecular weight is 327 g/mol. The summed E-state index contributed by atoms with van der Waals surface area (Å²) in [6, 6.07) is 9.77. The zero-order chi connectivity index (χ0) is 16.8. The van der Waals surface area contributed by atoms with E-state index in [1.807, 2.05) is 31.2 Å². The number of nitrogens with zero attached hydrogens (tertiary/aromatic N) is 3. The predicted octanol–water partition coefficient (Wildman–Crippen LogP) is 2.23. The molecule has 0 spiro atoms. The van der Waals surface area contributed by atoms with Crippen LogP contribution < -0.4 is 9.47 Å². The summed E-state index contributed by atoms with van der Waals surface area (Å²) in [5, 5.41) is 0. The van der Waals surface area contributed by atoms with Gasteiger partial charge in [-0.25, -0.2) is 9.97 Å². The third-order valence-electron chi connectivity index (χ3n) is 3.93. The van der Waals surface area contributed by atoms with Crippen molar-refractivity contribution in [3.63, 3.8) is 0 Å². The molecule has 1 atom stereocenters. The van der Waals surface area contributed by atoms with Gasteiger partial charge in [0.1, 0.15) is 11.9 Å². The highest BCUT2D eigenvalue weighted by atomic mass is 16.5. The molecule has 0 bridgehead atoms. The summed E-state index contributed by atoms with van der Waals surface area (Å²) in [7, 11) is 0. The van der Waals surface area contributed by atoms with Gasteiger partial charge in [0.15, 0.2) is 6.61 Å². The third-order valence-corrected chi connectivity index (χ3v) is 3.93. The number of piperidine rings is 1. The van der Waals surface area contributed by atoms with Crippen molar-refractivity contribution in [1.29, 1.82) is 0 Å². The summed E-state index contributed by atoms with van der Waals surface area (Å²) in [5.74, 6) is 0.675. The van der Waals surface area contributed by atoms with Gasteiger partial charge in [-0.05, 0) is 38.0 Å². The molecule has 6 nitrogen and oxygen atoms in total. The topological polar surface area (TPSA) is 64.5 Å². The lowest BCUT2D eigenvalue weighted by Gasteiger charge is -2.32. The number of benzene rings is 1. The van der Waals surface area contributed by atoms with E-state index in [1.165, 1.54) is 0 Å². The SMILES string of the molecule is Cc1ccc(OCC(=O)N2CCCC(Oc3ncccn3)C2)cc1. The zero-order valence-electron chi connectivity index (χ0n) is 13.7. The number of rotatable bonds is 5. The van der Waals surface area contributed by atoms with Crippen molar-refractivity contribution < 1.29 is 14.3 Å². The van der Waals surface area contributed by atoms with Gasteiger partial charge < -0.3 is 14.4 Å². The number of aromatic nitrogens is 2. The fourth-order valence-electron chi connectivity index (χ4n) is 2.63. The summed E-state index contributed by atoms with van der Waals surface area (Å²) in [4.78, 5) is 22.3. The van der Waals surface area contributed by atoms with Gasteiger partial charge in [-0.3, -0.25) is 4.79 Å². The molecule has 1 aromatic carbocycles. The van der Waals surface area contributed by atoms with Gasteiger partial charge >= 0.3 is 6.01 Å². The molecule has 3 rings (SSSR count). The maximum Gasteiger partial charge on any atom is 0.316 e. The maximum atomic E-state index is 12.4. The van der Waals surface area contributed by atoms with Crippen molar-refractivity contribution in [3.05, 3.63) is 48.3 Å². The number of hydrogen-bond donors (Lipinski definition) is 0. The Morgan fingerprint density at radius 3 is 2.75 bits per heavy atom. The summed E-state index contributed by atoms with van der Waals surface area (Å²) >= 11 is 0. The van der Waals surface area contributed by atoms with E-state index in [-0.39, 0.29) is 18.6 Å². The van der Waals surface area contributed by atoms with E-state index in [9.17, 15) is 4.79 Å². The first kappa shape index (κ1) is 16.2. The predicted molar refractivity (Wildman–Crippen MR) is 88.9 cm³/mol. The van der Waals surface area contributed by atoms with Crippen LogP contribution in [-0.4, -0.2) is 46.6 Å². The second kappa shape index (κ2) is 7.77. The standard InChI is InChI=1S/C18H21N3O3/c1-14-5-7-15(8-6-14)23-13-17(22)21-11-2-4-16(12-21)24-18-19-9-3-10-20-18/h3,5-10,16H,2,4,11-13H2,1H3. The summed E-state index contributed by atoms with van der Waals surface area (Å²) in [6.45, 7) is 3.32. The molecule has 126 valence electrons. The van der Waals surface area contributed by atoms with Crippen LogP contribution >= 0.6 is 0 Å². The number of aryl methyl sites for hydroxylation is 1. The number of ether oxygens (including phenoxy) is 2. The van der Waals surface area contributed by atoms with Gasteiger partial charge in [0, 0.05) is 18.9 Å². The van der Waals surface area contributed by atoms with Crippen molar-refractivity contribution in [2.24, 2.45) is 0 Å². The second-order valence-electron chi connectivity index (χ2n) is 5.85. The number of likely N-dealkylation sites (tertiary alicyclic amines) is 1. The molecule has 0 radical (unpaired) electrons. The number of hydrogen-bond acceptors (Lipinski definition) is 5. The van der Waals surface area contributed by atoms with Gasteiger partial charge in [0.25, 0.3) is 5.91 Å². The van der Waals surface area contributed by atoms with Gasteiger partial charge in [0.2, 0.25) is 0 Å². The molecule has 0 aliphatic carbocycles. The molecule has 6 heteroatoms. The summed E-state index contributed by atoms with van der Waals surface area (Å²) < 4.78 is 11.3. The van der Waals surface area contributed by atoms with Gasteiger partial charge in [0.05, 0.1) is 6.54 Å². The lowest BCUT2D eigenvalue weighted by molar-refractivity contribution is -0.136. The van der Waals surface area contributed by atoms with Crippen LogP contribution in [0.15, 0.2) is 42.7 Å². The van der Waals surface area contributed by atoms with Crippen LogP contribution in [0.5, 0.6) is 11.8 Å². The van der Waals surface area contributed by atoms with Crippen molar-refractivity contribution in [1.82, 2.24) is 14.9 Å². The van der Waals surface area contributed by atoms with Crippen molar-refractivity contribution >= 4 is 5.91 Å². The number of carbonyl (C=O) groups is 1. The summed E-state index contributed by atoms with van der Waals surface area (Å²) in [5.41, 5.74) is 1.16. The highest BCUT2D eigenvalue weighted by molar-refractivity contribution is 5.77. The van der Waals surface area contributed by atoms with E-state index in [4.69, 9.17) is 9.47 Å². The van der Waals surface area contributed by atoms with Crippen molar-refractivity contribution in [2.45, 2.75) is 25.9 Å². The number of carbonyl (C=O) groups excluding carboxylic acids is 1. The second-order valence-corrected chi connectivity index (χ2v) is 5.85. The first-order valence-corrected chi connectivity index (χ1v) is 8.11. The van der Waals surface area contributed by atoms with Crippen LogP contribution in [-0.2, 0) is 4.79 Å². The molecule has 2 heterocycles. The van der Waals surface area contributed by atoms with E-state index >= 15 is 0 Å². The quantitative estimate of drug-likeness (QED) is 0.842. The molecule has 0 N–H and O–H groups in total. The molecule has 1 amide bonds. The molecule has 1 unspecified atom stereocenters. The normalized spacial score (nSPS) is 17.4. The highest BCUT2D eigenvalue weighted by Crippen LogP contribution is 2.16.